The van der Waals surface area contributed by atoms with Crippen molar-refractivity contribution in [3.05, 3.63) is 69.5 Å². The van der Waals surface area contributed by atoms with E-state index in [1.807, 2.05) is 13.0 Å². The third-order valence-electron chi connectivity index (χ3n) is 4.29. The predicted octanol–water partition coefficient (Wildman–Crippen LogP) is 4.92. The number of hydrogen-bond acceptors (Lipinski definition) is 3. The SMILES string of the molecule is CCNC(=O)[C@@H](C)N(Cc1cccc(Cl)c1)C(=O)CSCc1c(F)cccc1Cl. The van der Waals surface area contributed by atoms with E-state index >= 15 is 0 Å². The molecule has 0 bridgehead atoms. The smallest absolute Gasteiger partial charge is 0.242 e. The second kappa shape index (κ2) is 11.4. The van der Waals surface area contributed by atoms with Gasteiger partial charge in [0.15, 0.2) is 0 Å². The van der Waals surface area contributed by atoms with Gasteiger partial charge in [-0.1, -0.05) is 41.4 Å². The molecular weight excluding hydrogens is 434 g/mol. The molecule has 0 aliphatic carbocycles. The molecule has 8 heteroatoms. The molecule has 2 rings (SSSR count). The third-order valence-corrected chi connectivity index (χ3v) is 5.83. The van der Waals surface area contributed by atoms with Crippen molar-refractivity contribution in [2.24, 2.45) is 0 Å². The summed E-state index contributed by atoms with van der Waals surface area (Å²) >= 11 is 13.3. The first-order chi connectivity index (χ1) is 13.8. The number of amides is 2. The Kier molecular flexibility index (Phi) is 9.27. The lowest BCUT2D eigenvalue weighted by molar-refractivity contribution is -0.138. The van der Waals surface area contributed by atoms with Crippen LogP contribution in [0.3, 0.4) is 0 Å². The number of likely N-dealkylation sites (N-methyl/N-ethyl adjacent to an activating group) is 1. The second-order valence-electron chi connectivity index (χ2n) is 6.42. The highest BCUT2D eigenvalue weighted by Crippen LogP contribution is 2.24. The summed E-state index contributed by atoms with van der Waals surface area (Å²) in [6, 6.07) is 11.0. The van der Waals surface area contributed by atoms with Gasteiger partial charge in [0.2, 0.25) is 11.8 Å². The highest BCUT2D eigenvalue weighted by Gasteiger charge is 2.26. The summed E-state index contributed by atoms with van der Waals surface area (Å²) in [5.41, 5.74) is 1.19. The Balaban J connectivity index is 2.10. The van der Waals surface area contributed by atoms with Crippen LogP contribution in [-0.2, 0) is 21.9 Å². The molecule has 0 saturated heterocycles. The van der Waals surface area contributed by atoms with Crippen molar-refractivity contribution in [2.45, 2.75) is 32.2 Å². The molecule has 0 fully saturated rings. The lowest BCUT2D eigenvalue weighted by Crippen LogP contribution is -2.48. The van der Waals surface area contributed by atoms with Crippen LogP contribution in [0.25, 0.3) is 0 Å². The largest absolute Gasteiger partial charge is 0.355 e. The van der Waals surface area contributed by atoms with Gasteiger partial charge in [-0.05, 0) is 43.7 Å². The summed E-state index contributed by atoms with van der Waals surface area (Å²) in [6.45, 7) is 4.23. The van der Waals surface area contributed by atoms with E-state index in [1.165, 1.54) is 28.8 Å². The molecule has 0 radical (unpaired) electrons. The zero-order valence-electron chi connectivity index (χ0n) is 16.3. The first-order valence-corrected chi connectivity index (χ1v) is 11.1. The van der Waals surface area contributed by atoms with Gasteiger partial charge >= 0.3 is 0 Å². The third kappa shape index (κ3) is 6.91. The molecule has 0 unspecified atom stereocenters. The molecule has 1 atom stereocenters. The minimum atomic E-state index is -0.654. The van der Waals surface area contributed by atoms with Gasteiger partial charge < -0.3 is 10.2 Å². The van der Waals surface area contributed by atoms with Crippen molar-refractivity contribution in [2.75, 3.05) is 12.3 Å². The average molecular weight is 457 g/mol. The molecule has 29 heavy (non-hydrogen) atoms. The van der Waals surface area contributed by atoms with E-state index in [1.54, 1.807) is 31.2 Å². The fraction of sp³-hybridized carbons (Fsp3) is 0.333. The van der Waals surface area contributed by atoms with E-state index in [0.29, 0.717) is 22.2 Å². The first kappa shape index (κ1) is 23.5. The van der Waals surface area contributed by atoms with Crippen LogP contribution in [0.5, 0.6) is 0 Å². The fourth-order valence-corrected chi connectivity index (χ4v) is 4.19. The Morgan fingerprint density at radius 2 is 1.93 bits per heavy atom. The van der Waals surface area contributed by atoms with Crippen LogP contribution in [0, 0.1) is 5.82 Å². The molecule has 0 aliphatic rings. The zero-order valence-corrected chi connectivity index (χ0v) is 18.6. The van der Waals surface area contributed by atoms with Crippen LogP contribution in [0.2, 0.25) is 10.0 Å². The second-order valence-corrected chi connectivity index (χ2v) is 8.24. The molecule has 0 aromatic heterocycles. The molecule has 4 nitrogen and oxygen atoms in total. The summed E-state index contributed by atoms with van der Waals surface area (Å²) in [4.78, 5) is 26.7. The zero-order chi connectivity index (χ0) is 21.4. The molecule has 0 spiro atoms. The van der Waals surface area contributed by atoms with Gasteiger partial charge in [0.05, 0.1) is 5.75 Å². The number of benzene rings is 2. The summed E-state index contributed by atoms with van der Waals surface area (Å²) in [6.07, 6.45) is 0. The van der Waals surface area contributed by atoms with Crippen LogP contribution in [0.4, 0.5) is 4.39 Å². The van der Waals surface area contributed by atoms with Crippen molar-refractivity contribution in [3.63, 3.8) is 0 Å². The van der Waals surface area contributed by atoms with Crippen molar-refractivity contribution < 1.29 is 14.0 Å². The number of hydrogen-bond donors (Lipinski definition) is 1. The minimum absolute atomic E-state index is 0.0922. The minimum Gasteiger partial charge on any atom is -0.355 e. The monoisotopic (exact) mass is 456 g/mol. The number of carbonyl (C=O) groups excluding carboxylic acids is 2. The van der Waals surface area contributed by atoms with Gasteiger partial charge in [0.1, 0.15) is 11.9 Å². The number of nitrogens with zero attached hydrogens (tertiary/aromatic N) is 1. The van der Waals surface area contributed by atoms with Gasteiger partial charge in [-0.25, -0.2) is 4.39 Å². The topological polar surface area (TPSA) is 49.4 Å². The summed E-state index contributed by atoms with van der Waals surface area (Å²) in [7, 11) is 0. The van der Waals surface area contributed by atoms with Crippen LogP contribution >= 0.6 is 35.0 Å². The molecule has 2 amide bonds. The van der Waals surface area contributed by atoms with Crippen molar-refractivity contribution in [3.8, 4) is 0 Å². The number of nitrogens with one attached hydrogen (secondary N) is 1. The normalized spacial score (nSPS) is 11.8. The Hall–Kier alpha value is -1.76. The van der Waals surface area contributed by atoms with Gasteiger partial charge in [-0.3, -0.25) is 9.59 Å². The van der Waals surface area contributed by atoms with Crippen molar-refractivity contribution in [1.29, 1.82) is 0 Å². The standard InChI is InChI=1S/C21H23Cl2FN2O2S/c1-3-25-21(28)14(2)26(11-15-6-4-7-16(22)10-15)20(27)13-29-12-17-18(23)8-5-9-19(17)24/h4-10,14H,3,11-13H2,1-2H3,(H,25,28)/t14-/m1/s1. The van der Waals surface area contributed by atoms with E-state index in [4.69, 9.17) is 23.2 Å². The highest BCUT2D eigenvalue weighted by molar-refractivity contribution is 7.99. The number of thioether (sulfide) groups is 1. The van der Waals surface area contributed by atoms with Crippen LogP contribution in [0.15, 0.2) is 42.5 Å². The van der Waals surface area contributed by atoms with Crippen LogP contribution in [0.1, 0.15) is 25.0 Å². The molecule has 0 aliphatic heterocycles. The van der Waals surface area contributed by atoms with E-state index < -0.39 is 11.9 Å². The van der Waals surface area contributed by atoms with Gasteiger partial charge in [-0.15, -0.1) is 11.8 Å². The summed E-state index contributed by atoms with van der Waals surface area (Å²) in [5.74, 6) is -0.498. The van der Waals surface area contributed by atoms with Gasteiger partial charge in [0, 0.05) is 34.5 Å². The van der Waals surface area contributed by atoms with Crippen LogP contribution in [-0.4, -0.2) is 35.1 Å². The average Bonchev–Trinajstić information content (AvgIpc) is 2.68. The maximum absolute atomic E-state index is 13.9. The maximum Gasteiger partial charge on any atom is 0.242 e. The quantitative estimate of drug-likeness (QED) is 0.582. The molecular formula is C21H23Cl2FN2O2S. The van der Waals surface area contributed by atoms with Gasteiger partial charge in [0.25, 0.3) is 0 Å². The molecule has 0 heterocycles. The van der Waals surface area contributed by atoms with E-state index in [2.05, 4.69) is 5.32 Å². The van der Waals surface area contributed by atoms with Crippen molar-refractivity contribution in [1.82, 2.24) is 10.2 Å². The lowest BCUT2D eigenvalue weighted by atomic mass is 10.1. The Labute approximate surface area is 184 Å². The van der Waals surface area contributed by atoms with E-state index in [9.17, 15) is 14.0 Å². The van der Waals surface area contributed by atoms with Crippen molar-refractivity contribution >= 4 is 46.8 Å². The molecule has 2 aromatic carbocycles. The number of carbonyl (C=O) groups is 2. The lowest BCUT2D eigenvalue weighted by Gasteiger charge is -2.28. The number of halogens is 3. The predicted molar refractivity (Wildman–Crippen MR) is 118 cm³/mol. The summed E-state index contributed by atoms with van der Waals surface area (Å²) in [5, 5.41) is 3.63. The van der Waals surface area contributed by atoms with E-state index in [0.717, 1.165) is 5.56 Å². The Morgan fingerprint density at radius 3 is 2.59 bits per heavy atom. The fourth-order valence-electron chi connectivity index (χ4n) is 2.73. The van der Waals surface area contributed by atoms with Crippen LogP contribution < -0.4 is 5.32 Å². The maximum atomic E-state index is 13.9. The van der Waals surface area contributed by atoms with Gasteiger partial charge in [-0.2, -0.15) is 0 Å². The molecule has 1 N–H and O–H groups in total. The Morgan fingerprint density at radius 1 is 1.21 bits per heavy atom. The Bertz CT molecular complexity index is 846. The number of rotatable bonds is 9. The summed E-state index contributed by atoms with van der Waals surface area (Å²) < 4.78 is 13.9. The highest BCUT2D eigenvalue weighted by atomic mass is 35.5. The van der Waals surface area contributed by atoms with E-state index in [-0.39, 0.29) is 29.9 Å². The molecule has 0 saturated carbocycles. The molecule has 156 valence electrons. The molecule has 2 aromatic rings. The first-order valence-electron chi connectivity index (χ1n) is 9.15.